The highest BCUT2D eigenvalue weighted by molar-refractivity contribution is 7.99. The fourth-order valence-electron chi connectivity index (χ4n) is 3.64. The summed E-state index contributed by atoms with van der Waals surface area (Å²) in [5, 5.41) is 11.6. The van der Waals surface area contributed by atoms with E-state index in [0.717, 1.165) is 11.8 Å². The maximum Gasteiger partial charge on any atom is 0.257 e. The number of aromatic amines is 1. The zero-order valence-electron chi connectivity index (χ0n) is 20.3. The summed E-state index contributed by atoms with van der Waals surface area (Å²) in [7, 11) is 0. The van der Waals surface area contributed by atoms with Crippen molar-refractivity contribution < 1.29 is 18.7 Å². The molecule has 4 aromatic rings. The number of hydrogen-bond acceptors (Lipinski definition) is 8. The number of fused-ring (bicyclic) bond motifs is 1. The number of halogens is 2. The van der Waals surface area contributed by atoms with E-state index in [1.165, 1.54) is 77.0 Å². The van der Waals surface area contributed by atoms with E-state index in [9.17, 15) is 28.3 Å². The second kappa shape index (κ2) is 11.4. The largest absolute Gasteiger partial charge is 0.366 e. The number of nitrogens with zero attached hydrogens (tertiary/aromatic N) is 3. The van der Waals surface area contributed by atoms with Gasteiger partial charge in [0.2, 0.25) is 0 Å². The SMILES string of the molecule is Cc1cc(=O)[nH]c(SCC(=O)c2ccc(F)cc2)n1.Cc1cc(=O)n2c(n1)SCC2(O)c1ccc(F)cc1. The number of aromatic nitrogens is 4. The molecule has 0 saturated carbocycles. The van der Waals surface area contributed by atoms with Gasteiger partial charge < -0.3 is 10.1 Å². The van der Waals surface area contributed by atoms with Gasteiger partial charge in [0.05, 0.1) is 11.5 Å². The van der Waals surface area contributed by atoms with Crippen LogP contribution in [0.5, 0.6) is 0 Å². The number of carbonyl (C=O) groups is 1. The van der Waals surface area contributed by atoms with Crippen molar-refractivity contribution in [2.24, 2.45) is 0 Å². The lowest BCUT2D eigenvalue weighted by Gasteiger charge is -2.24. The molecule has 12 heteroatoms. The zero-order valence-corrected chi connectivity index (χ0v) is 21.9. The Bertz CT molecular complexity index is 1590. The maximum atomic E-state index is 13.0. The van der Waals surface area contributed by atoms with Crippen molar-refractivity contribution in [3.05, 3.63) is 116 Å². The molecule has 38 heavy (non-hydrogen) atoms. The standard InChI is InChI=1S/2C13H11FN2O2S/c1-8-6-11(17)16-12(15-8)19-7-13(16,18)9-2-4-10(14)5-3-9;1-8-6-12(18)16-13(15-8)19-7-11(17)9-2-4-10(14)5-3-9/h2-6,18H,7H2,1H3;2-6H,7H2,1H3,(H,15,16,18). The summed E-state index contributed by atoms with van der Waals surface area (Å²) < 4.78 is 26.9. The third kappa shape index (κ3) is 6.26. The third-order valence-electron chi connectivity index (χ3n) is 5.45. The minimum Gasteiger partial charge on any atom is -0.366 e. The number of aryl methyl sites for hydroxylation is 2. The Kier molecular flexibility index (Phi) is 8.24. The fourth-order valence-corrected chi connectivity index (χ4v) is 5.66. The van der Waals surface area contributed by atoms with Crippen molar-refractivity contribution in [3.63, 3.8) is 0 Å². The first-order valence-corrected chi connectivity index (χ1v) is 13.2. The van der Waals surface area contributed by atoms with Gasteiger partial charge in [-0.05, 0) is 50.2 Å². The molecule has 0 radical (unpaired) electrons. The fraction of sp³-hybridized carbons (Fsp3) is 0.192. The van der Waals surface area contributed by atoms with Crippen molar-refractivity contribution in [3.8, 4) is 0 Å². The third-order valence-corrected chi connectivity index (χ3v) is 7.40. The molecule has 0 fully saturated rings. The Morgan fingerprint density at radius 2 is 1.63 bits per heavy atom. The Balaban J connectivity index is 0.000000177. The number of carbonyl (C=O) groups excluding carboxylic acids is 1. The molecule has 2 aromatic heterocycles. The van der Waals surface area contributed by atoms with Crippen LogP contribution in [0.25, 0.3) is 0 Å². The van der Waals surface area contributed by atoms with Crippen LogP contribution in [0.2, 0.25) is 0 Å². The normalized spacial score (nSPS) is 15.9. The zero-order chi connectivity index (χ0) is 27.4. The lowest BCUT2D eigenvalue weighted by atomic mass is 10.0. The van der Waals surface area contributed by atoms with Crippen LogP contribution in [0.15, 0.2) is 80.6 Å². The molecular weight excluding hydrogens is 534 g/mol. The van der Waals surface area contributed by atoms with Gasteiger partial charge in [0, 0.05) is 34.6 Å². The monoisotopic (exact) mass is 556 g/mol. The van der Waals surface area contributed by atoms with Crippen LogP contribution in [0, 0.1) is 25.5 Å². The Labute approximate surface area is 224 Å². The topological polar surface area (TPSA) is 118 Å². The van der Waals surface area contributed by atoms with E-state index in [-0.39, 0.29) is 40.0 Å². The second-order valence-corrected chi connectivity index (χ2v) is 10.3. The van der Waals surface area contributed by atoms with Gasteiger partial charge in [-0.15, -0.1) is 0 Å². The molecule has 1 aliphatic heterocycles. The van der Waals surface area contributed by atoms with Gasteiger partial charge in [-0.1, -0.05) is 35.7 Å². The number of ketones is 1. The van der Waals surface area contributed by atoms with Crippen molar-refractivity contribution in [2.75, 3.05) is 11.5 Å². The summed E-state index contributed by atoms with van der Waals surface area (Å²) in [6.45, 7) is 3.44. The number of benzene rings is 2. The number of aliphatic hydroxyl groups is 1. The van der Waals surface area contributed by atoms with E-state index < -0.39 is 5.72 Å². The first-order chi connectivity index (χ1) is 18.0. The van der Waals surface area contributed by atoms with Crippen LogP contribution >= 0.6 is 23.5 Å². The Hall–Kier alpha value is -3.61. The van der Waals surface area contributed by atoms with Gasteiger partial charge in [-0.3, -0.25) is 19.0 Å². The molecule has 0 bridgehead atoms. The summed E-state index contributed by atoms with van der Waals surface area (Å²) >= 11 is 2.46. The van der Waals surface area contributed by atoms with Crippen LogP contribution in [0.1, 0.15) is 27.3 Å². The predicted molar refractivity (Wildman–Crippen MR) is 141 cm³/mol. The number of nitrogens with one attached hydrogen (secondary N) is 1. The van der Waals surface area contributed by atoms with Crippen molar-refractivity contribution in [1.82, 2.24) is 19.5 Å². The minimum atomic E-state index is -1.47. The summed E-state index contributed by atoms with van der Waals surface area (Å²) in [6.07, 6.45) is 0. The molecule has 1 atom stereocenters. The van der Waals surface area contributed by atoms with E-state index >= 15 is 0 Å². The molecule has 0 spiro atoms. The van der Waals surface area contributed by atoms with E-state index in [2.05, 4.69) is 15.0 Å². The van der Waals surface area contributed by atoms with Gasteiger partial charge in [-0.25, -0.2) is 18.7 Å². The van der Waals surface area contributed by atoms with Crippen LogP contribution in [-0.4, -0.2) is 41.9 Å². The molecule has 8 nitrogen and oxygen atoms in total. The number of hydrogen-bond donors (Lipinski definition) is 2. The van der Waals surface area contributed by atoms with Crippen LogP contribution in [0.3, 0.4) is 0 Å². The summed E-state index contributed by atoms with van der Waals surface area (Å²) in [5.74, 6) is -0.488. The highest BCUT2D eigenvalue weighted by Crippen LogP contribution is 2.37. The number of thioether (sulfide) groups is 2. The van der Waals surface area contributed by atoms with Gasteiger partial charge in [0.25, 0.3) is 11.1 Å². The molecule has 1 aliphatic rings. The molecule has 2 aromatic carbocycles. The van der Waals surface area contributed by atoms with Crippen molar-refractivity contribution >= 4 is 29.3 Å². The Morgan fingerprint density at radius 1 is 1.03 bits per heavy atom. The average molecular weight is 557 g/mol. The highest BCUT2D eigenvalue weighted by atomic mass is 32.2. The highest BCUT2D eigenvalue weighted by Gasteiger charge is 2.40. The molecule has 2 N–H and O–H groups in total. The average Bonchev–Trinajstić information content (AvgIpc) is 3.21. The summed E-state index contributed by atoms with van der Waals surface area (Å²) in [4.78, 5) is 46.0. The first kappa shape index (κ1) is 27.4. The molecule has 3 heterocycles. The molecule has 196 valence electrons. The second-order valence-electron chi connectivity index (χ2n) is 8.38. The van der Waals surface area contributed by atoms with Crippen molar-refractivity contribution in [2.45, 2.75) is 29.9 Å². The van der Waals surface area contributed by atoms with E-state index in [1.54, 1.807) is 13.8 Å². The van der Waals surface area contributed by atoms with Crippen molar-refractivity contribution in [1.29, 1.82) is 0 Å². The molecule has 0 saturated heterocycles. The summed E-state index contributed by atoms with van der Waals surface area (Å²) in [6, 6.07) is 13.6. The lowest BCUT2D eigenvalue weighted by Crippen LogP contribution is -2.41. The molecular formula is C26H22F2N4O4S2. The molecule has 5 rings (SSSR count). The van der Waals surface area contributed by atoms with Gasteiger partial charge >= 0.3 is 0 Å². The first-order valence-electron chi connectivity index (χ1n) is 11.3. The number of H-pyrrole nitrogens is 1. The minimum absolute atomic E-state index is 0.137. The van der Waals surface area contributed by atoms with Gasteiger partial charge in [0.1, 0.15) is 11.6 Å². The predicted octanol–water partition coefficient (Wildman–Crippen LogP) is 3.68. The molecule has 0 aliphatic carbocycles. The molecule has 0 amide bonds. The van der Waals surface area contributed by atoms with E-state index in [4.69, 9.17) is 0 Å². The quantitative estimate of drug-likeness (QED) is 0.217. The van der Waals surface area contributed by atoms with Crippen LogP contribution in [-0.2, 0) is 5.72 Å². The maximum absolute atomic E-state index is 13.0. The van der Waals surface area contributed by atoms with Crippen LogP contribution in [0.4, 0.5) is 8.78 Å². The van der Waals surface area contributed by atoms with E-state index in [0.29, 0.717) is 32.8 Å². The Morgan fingerprint density at radius 3 is 2.26 bits per heavy atom. The lowest BCUT2D eigenvalue weighted by molar-refractivity contribution is 0.0235. The van der Waals surface area contributed by atoms with E-state index in [1.807, 2.05) is 0 Å². The summed E-state index contributed by atoms with van der Waals surface area (Å²) in [5.41, 5.74) is 0.110. The van der Waals surface area contributed by atoms with Gasteiger partial charge in [0.15, 0.2) is 21.8 Å². The number of rotatable bonds is 5. The van der Waals surface area contributed by atoms with Crippen LogP contribution < -0.4 is 11.1 Å². The smallest absolute Gasteiger partial charge is 0.257 e. The van der Waals surface area contributed by atoms with Gasteiger partial charge in [-0.2, -0.15) is 0 Å². The molecule has 1 unspecified atom stereocenters. The number of Topliss-reactive ketones (excluding diaryl/α,β-unsaturated/α-hetero) is 1.